The van der Waals surface area contributed by atoms with Crippen LogP contribution in [0.15, 0.2) is 24.3 Å². The van der Waals surface area contributed by atoms with E-state index in [1.54, 1.807) is 24.3 Å². The summed E-state index contributed by atoms with van der Waals surface area (Å²) < 4.78 is 57.7. The Labute approximate surface area is 287 Å². The molecule has 0 radical (unpaired) electrons. The molecule has 4 aliphatic heterocycles. The van der Waals surface area contributed by atoms with E-state index in [9.17, 15) is 35.7 Å². The minimum Gasteiger partial charge on any atom is -0.502 e. The van der Waals surface area contributed by atoms with Crippen molar-refractivity contribution in [3.05, 3.63) is 35.4 Å². The maximum atomic E-state index is 11.0. The third-order valence-corrected chi connectivity index (χ3v) is 9.84. The first kappa shape index (κ1) is 36.6. The molecule has 0 unspecified atom stereocenters. The molecule has 278 valence electrons. The van der Waals surface area contributed by atoms with Crippen molar-refractivity contribution in [2.45, 2.75) is 60.9 Å². The molecule has 0 amide bonds. The molecule has 0 aliphatic carbocycles. The fourth-order valence-electron chi connectivity index (χ4n) is 6.97. The van der Waals surface area contributed by atoms with Crippen LogP contribution in [0.4, 0.5) is 0 Å². The van der Waals surface area contributed by atoms with Crippen molar-refractivity contribution < 1.29 is 83.1 Å². The van der Waals surface area contributed by atoms with Gasteiger partial charge in [-0.05, 0) is 35.4 Å². The van der Waals surface area contributed by atoms with E-state index < -0.39 is 74.6 Å². The molecule has 4 heterocycles. The molecule has 0 saturated carbocycles. The van der Waals surface area contributed by atoms with Crippen LogP contribution >= 0.6 is 0 Å². The maximum Gasteiger partial charge on any atom is 0.230 e. The normalized spacial score (nSPS) is 36.6. The number of fused-ring (bicyclic) bond motifs is 1. The number of hydrogen-bond donors (Lipinski definition) is 7. The van der Waals surface area contributed by atoms with Crippen LogP contribution in [0.5, 0.6) is 34.5 Å². The molecule has 12 atom stereocenters. The van der Waals surface area contributed by atoms with Gasteiger partial charge in [-0.1, -0.05) is 0 Å². The Morgan fingerprint density at radius 3 is 1.72 bits per heavy atom. The first-order valence-electron chi connectivity index (χ1n) is 16.0. The minimum absolute atomic E-state index is 0.0239. The van der Waals surface area contributed by atoms with Gasteiger partial charge in [0.25, 0.3) is 0 Å². The van der Waals surface area contributed by atoms with Crippen LogP contribution in [0.25, 0.3) is 0 Å². The molecule has 2 aromatic rings. The van der Waals surface area contributed by atoms with Crippen LogP contribution in [0.3, 0.4) is 0 Å². The molecule has 0 aromatic heterocycles. The zero-order valence-corrected chi connectivity index (χ0v) is 27.9. The molecule has 0 spiro atoms. The van der Waals surface area contributed by atoms with Crippen LogP contribution in [-0.2, 0) is 23.7 Å². The zero-order valence-electron chi connectivity index (χ0n) is 27.9. The van der Waals surface area contributed by atoms with E-state index in [0.29, 0.717) is 18.8 Å². The number of aliphatic hydroxyl groups is 6. The summed E-state index contributed by atoms with van der Waals surface area (Å²) in [6.07, 6.45) is -11.8. The second-order valence-corrected chi connectivity index (χ2v) is 12.7. The quantitative estimate of drug-likeness (QED) is 0.142. The Bertz CT molecular complexity index is 1440. The Hall–Kier alpha value is -3.20. The molecule has 7 N–H and O–H groups in total. The van der Waals surface area contributed by atoms with E-state index in [-0.39, 0.29) is 52.4 Å². The van der Waals surface area contributed by atoms with E-state index in [1.807, 2.05) is 0 Å². The first-order valence-corrected chi connectivity index (χ1v) is 16.0. The molecule has 6 rings (SSSR count). The summed E-state index contributed by atoms with van der Waals surface area (Å²) in [7, 11) is 5.73. The predicted molar refractivity (Wildman–Crippen MR) is 166 cm³/mol. The van der Waals surface area contributed by atoms with Crippen molar-refractivity contribution in [3.63, 3.8) is 0 Å². The van der Waals surface area contributed by atoms with Gasteiger partial charge < -0.3 is 83.1 Å². The lowest BCUT2D eigenvalue weighted by Crippen LogP contribution is -2.62. The number of benzene rings is 2. The zero-order chi connectivity index (χ0) is 35.9. The number of ether oxygens (including phenoxy) is 10. The van der Waals surface area contributed by atoms with Crippen molar-refractivity contribution in [2.24, 2.45) is 11.8 Å². The predicted octanol–water partition coefficient (Wildman–Crippen LogP) is -0.855. The summed E-state index contributed by atoms with van der Waals surface area (Å²) >= 11 is 0. The second kappa shape index (κ2) is 14.8. The van der Waals surface area contributed by atoms with Crippen molar-refractivity contribution in [1.82, 2.24) is 0 Å². The monoisotopic (exact) mass is 712 g/mol. The minimum atomic E-state index is -2.02. The average molecular weight is 713 g/mol. The highest BCUT2D eigenvalue weighted by Gasteiger charge is 2.54. The Balaban J connectivity index is 1.26. The third-order valence-electron chi connectivity index (χ3n) is 9.84. The Morgan fingerprint density at radius 1 is 0.740 bits per heavy atom. The van der Waals surface area contributed by atoms with Gasteiger partial charge in [-0.2, -0.15) is 0 Å². The van der Waals surface area contributed by atoms with Gasteiger partial charge in [-0.25, -0.2) is 0 Å². The van der Waals surface area contributed by atoms with Gasteiger partial charge in [-0.3, -0.25) is 0 Å². The van der Waals surface area contributed by atoms with Crippen LogP contribution in [0.2, 0.25) is 0 Å². The molecule has 4 fully saturated rings. The molecule has 17 heteroatoms. The molecule has 50 heavy (non-hydrogen) atoms. The SMILES string of the molecule is COc1cc([C@@H]2OC[C@@H]3[C@H]2CO[C@@H]3c2cc(OC)c(O[C@@H]3O[C@H](CO)[C@@H](O)[C@H](O)[C@H]3O[C@@H]3OC[C@](O)(CO)[C@H]3O)c(OC)c2)cc(OC)c1O. The maximum absolute atomic E-state index is 11.0. The standard InChI is InChI=1S/C33H44O17/c1-41-18-5-14(6-19(42-2)23(18)36)26-16-10-46-27(17(16)11-45-26)15-7-20(43-3)28(21(8-15)44-4)49-31-29(25(38)24(37)22(9-34)48-31)50-32-30(39)33(40,12-35)13-47-32/h5-8,16-17,22,24-27,29-32,34-40H,9-13H2,1-4H3/t16-,17-,22-,24-,25+,26+,27-,29-,30+,31+,32+,33-/m1/s1. The van der Waals surface area contributed by atoms with E-state index in [4.69, 9.17) is 47.4 Å². The number of rotatable bonds is 12. The van der Waals surface area contributed by atoms with E-state index >= 15 is 0 Å². The van der Waals surface area contributed by atoms with Gasteiger partial charge in [-0.15, -0.1) is 0 Å². The van der Waals surface area contributed by atoms with Crippen molar-refractivity contribution in [1.29, 1.82) is 0 Å². The van der Waals surface area contributed by atoms with Gasteiger partial charge >= 0.3 is 0 Å². The van der Waals surface area contributed by atoms with Gasteiger partial charge in [0, 0.05) is 11.8 Å². The summed E-state index contributed by atoms with van der Waals surface area (Å²) in [6, 6.07) is 6.82. The Morgan fingerprint density at radius 2 is 1.26 bits per heavy atom. The number of aliphatic hydroxyl groups excluding tert-OH is 5. The average Bonchev–Trinajstić information content (AvgIpc) is 3.82. The van der Waals surface area contributed by atoms with Crippen molar-refractivity contribution in [2.75, 3.05) is 61.5 Å². The summed E-state index contributed by atoms with van der Waals surface area (Å²) in [5.74, 6) is 0.665. The van der Waals surface area contributed by atoms with Gasteiger partial charge in [0.05, 0.1) is 73.7 Å². The topological polar surface area (TPSA) is 234 Å². The molecular weight excluding hydrogens is 668 g/mol. The van der Waals surface area contributed by atoms with E-state index in [1.165, 1.54) is 28.4 Å². The molecular formula is C33H44O17. The molecule has 4 aliphatic rings. The van der Waals surface area contributed by atoms with Gasteiger partial charge in [0.1, 0.15) is 30.0 Å². The third kappa shape index (κ3) is 6.41. The van der Waals surface area contributed by atoms with Crippen LogP contribution in [-0.4, -0.2) is 146 Å². The van der Waals surface area contributed by atoms with E-state index in [2.05, 4.69) is 0 Å². The van der Waals surface area contributed by atoms with Crippen molar-refractivity contribution in [3.8, 4) is 34.5 Å². The summed E-state index contributed by atoms with van der Waals surface area (Å²) in [5.41, 5.74) is -0.567. The van der Waals surface area contributed by atoms with Crippen LogP contribution in [0, 0.1) is 11.8 Å². The lowest BCUT2D eigenvalue weighted by atomic mass is 9.84. The van der Waals surface area contributed by atoms with Crippen molar-refractivity contribution >= 4 is 0 Å². The summed E-state index contributed by atoms with van der Waals surface area (Å²) in [6.45, 7) is -1.24. The summed E-state index contributed by atoms with van der Waals surface area (Å²) in [5, 5.41) is 72.4. The highest BCUT2D eigenvalue weighted by molar-refractivity contribution is 5.55. The van der Waals surface area contributed by atoms with E-state index in [0.717, 1.165) is 5.56 Å². The fraction of sp³-hybridized carbons (Fsp3) is 0.636. The van der Waals surface area contributed by atoms with Crippen LogP contribution in [0.1, 0.15) is 23.3 Å². The summed E-state index contributed by atoms with van der Waals surface area (Å²) in [4.78, 5) is 0. The second-order valence-electron chi connectivity index (χ2n) is 12.7. The highest BCUT2D eigenvalue weighted by Crippen LogP contribution is 2.54. The fourth-order valence-corrected chi connectivity index (χ4v) is 6.97. The Kier molecular flexibility index (Phi) is 10.8. The first-order chi connectivity index (χ1) is 24.0. The largest absolute Gasteiger partial charge is 0.502 e. The van der Waals surface area contributed by atoms with Crippen LogP contribution < -0.4 is 23.7 Å². The lowest BCUT2D eigenvalue weighted by Gasteiger charge is -2.42. The number of phenolic OH excluding ortho intramolecular Hbond substituents is 1. The number of aromatic hydroxyl groups is 1. The smallest absolute Gasteiger partial charge is 0.230 e. The molecule has 2 aromatic carbocycles. The molecule has 17 nitrogen and oxygen atoms in total. The number of methoxy groups -OCH3 is 4. The lowest BCUT2D eigenvalue weighted by molar-refractivity contribution is -0.319. The highest BCUT2D eigenvalue weighted by atomic mass is 16.8. The van der Waals surface area contributed by atoms with Gasteiger partial charge in [0.15, 0.2) is 35.4 Å². The molecule has 0 bridgehead atoms. The number of hydrogen-bond acceptors (Lipinski definition) is 17. The molecule has 4 saturated heterocycles. The van der Waals surface area contributed by atoms with Gasteiger partial charge in [0.2, 0.25) is 17.8 Å². The number of phenols is 1.